The van der Waals surface area contributed by atoms with Crippen molar-refractivity contribution in [3.05, 3.63) is 60.3 Å². The number of nitrogens with zero attached hydrogens (tertiary/aromatic N) is 2. The number of β-amino-alcohol motifs (C(OH)–C–C–N with tert-alkyl or cyclic N) is 1. The van der Waals surface area contributed by atoms with Gasteiger partial charge in [0, 0.05) is 30.7 Å². The van der Waals surface area contributed by atoms with Crippen LogP contribution in [0.1, 0.15) is 24.3 Å². The van der Waals surface area contributed by atoms with Crippen molar-refractivity contribution < 1.29 is 14.6 Å². The number of hydrogen-bond donors (Lipinski definition) is 1. The molecule has 3 heterocycles. The number of aliphatic hydroxyl groups is 1. The maximum atomic E-state index is 10.7. The molecule has 0 spiro atoms. The minimum Gasteiger partial charge on any atom is -0.486 e. The second kappa shape index (κ2) is 7.73. The molecule has 0 aliphatic carbocycles. The molecule has 0 saturated carbocycles. The van der Waals surface area contributed by atoms with Crippen LogP contribution in [0, 0.1) is 0 Å². The van der Waals surface area contributed by atoms with Crippen LogP contribution in [0.15, 0.2) is 54.7 Å². The quantitative estimate of drug-likeness (QED) is 0.738. The highest BCUT2D eigenvalue weighted by molar-refractivity contribution is 5.84. The van der Waals surface area contributed by atoms with Gasteiger partial charge in [-0.15, -0.1) is 0 Å². The van der Waals surface area contributed by atoms with Crippen molar-refractivity contribution in [3.8, 4) is 11.5 Å². The fraction of sp³-hybridized carbons (Fsp3) is 0.417. The van der Waals surface area contributed by atoms with Crippen LogP contribution in [0.5, 0.6) is 11.5 Å². The van der Waals surface area contributed by atoms with Crippen molar-refractivity contribution >= 4 is 10.9 Å². The number of likely N-dealkylation sites (tertiary alicyclic amines) is 1. The molecule has 5 heteroatoms. The van der Waals surface area contributed by atoms with Gasteiger partial charge >= 0.3 is 0 Å². The molecule has 1 aromatic heterocycles. The summed E-state index contributed by atoms with van der Waals surface area (Å²) < 4.78 is 14.0. The topological polar surface area (TPSA) is 46.9 Å². The predicted octanol–water partition coefficient (Wildman–Crippen LogP) is 3.56. The van der Waals surface area contributed by atoms with E-state index < -0.39 is 6.10 Å². The van der Waals surface area contributed by atoms with Crippen LogP contribution < -0.4 is 9.47 Å². The van der Waals surface area contributed by atoms with Crippen molar-refractivity contribution in [2.24, 2.45) is 7.05 Å². The second-order valence-corrected chi connectivity index (χ2v) is 8.27. The van der Waals surface area contributed by atoms with E-state index in [-0.39, 0.29) is 6.10 Å². The van der Waals surface area contributed by atoms with Crippen molar-refractivity contribution in [2.75, 3.05) is 26.2 Å². The van der Waals surface area contributed by atoms with E-state index in [0.29, 0.717) is 19.1 Å². The first-order valence-electron chi connectivity index (χ1n) is 10.5. The Balaban J connectivity index is 1.19. The first-order valence-corrected chi connectivity index (χ1v) is 10.5. The van der Waals surface area contributed by atoms with Gasteiger partial charge in [0.2, 0.25) is 0 Å². The van der Waals surface area contributed by atoms with E-state index in [2.05, 4.69) is 47.0 Å². The molecule has 2 aliphatic heterocycles. The van der Waals surface area contributed by atoms with E-state index in [1.807, 2.05) is 24.3 Å². The summed E-state index contributed by atoms with van der Waals surface area (Å²) in [5, 5.41) is 12.1. The molecule has 5 nitrogen and oxygen atoms in total. The Morgan fingerprint density at radius 3 is 2.59 bits per heavy atom. The molecule has 152 valence electrons. The van der Waals surface area contributed by atoms with Crippen molar-refractivity contribution in [2.45, 2.75) is 31.0 Å². The average molecular weight is 392 g/mol. The highest BCUT2D eigenvalue weighted by Crippen LogP contribution is 2.35. The van der Waals surface area contributed by atoms with Gasteiger partial charge in [-0.25, -0.2) is 0 Å². The lowest BCUT2D eigenvalue weighted by Gasteiger charge is -2.36. The summed E-state index contributed by atoms with van der Waals surface area (Å²) in [5.41, 5.74) is 2.76. The minimum absolute atomic E-state index is 0.319. The molecule has 0 amide bonds. The van der Waals surface area contributed by atoms with Crippen LogP contribution in [0.4, 0.5) is 0 Å². The summed E-state index contributed by atoms with van der Waals surface area (Å²) in [6, 6.07) is 16.3. The third kappa shape index (κ3) is 3.61. The molecule has 29 heavy (non-hydrogen) atoms. The van der Waals surface area contributed by atoms with Gasteiger partial charge in [-0.3, -0.25) is 0 Å². The molecule has 1 fully saturated rings. The van der Waals surface area contributed by atoms with Gasteiger partial charge in [-0.2, -0.15) is 0 Å². The summed E-state index contributed by atoms with van der Waals surface area (Å²) >= 11 is 0. The lowest BCUT2D eigenvalue weighted by molar-refractivity contribution is -0.0280. The van der Waals surface area contributed by atoms with Gasteiger partial charge in [-0.05, 0) is 55.6 Å². The fourth-order valence-electron chi connectivity index (χ4n) is 4.73. The van der Waals surface area contributed by atoms with Gasteiger partial charge in [0.1, 0.15) is 12.7 Å². The van der Waals surface area contributed by atoms with Gasteiger partial charge in [-0.1, -0.05) is 30.3 Å². The fourth-order valence-corrected chi connectivity index (χ4v) is 4.73. The smallest absolute Gasteiger partial charge is 0.161 e. The molecule has 3 aromatic rings. The molecular formula is C24H28N2O3. The third-order valence-corrected chi connectivity index (χ3v) is 6.36. The zero-order chi connectivity index (χ0) is 19.8. The maximum absolute atomic E-state index is 10.7. The van der Waals surface area contributed by atoms with Crippen LogP contribution in [0.3, 0.4) is 0 Å². The first-order chi connectivity index (χ1) is 14.2. The summed E-state index contributed by atoms with van der Waals surface area (Å²) in [6.07, 6.45) is 3.65. The first kappa shape index (κ1) is 18.5. The molecule has 2 aliphatic rings. The largest absolute Gasteiger partial charge is 0.486 e. The zero-order valence-corrected chi connectivity index (χ0v) is 16.8. The van der Waals surface area contributed by atoms with E-state index >= 15 is 0 Å². The molecule has 0 radical (unpaired) electrons. The molecule has 1 N–H and O–H groups in total. The second-order valence-electron chi connectivity index (χ2n) is 8.27. The highest BCUT2D eigenvalue weighted by atomic mass is 16.6. The van der Waals surface area contributed by atoms with Crippen LogP contribution in [-0.2, 0) is 7.05 Å². The molecule has 5 rings (SSSR count). The molecular weight excluding hydrogens is 364 g/mol. The van der Waals surface area contributed by atoms with Gasteiger partial charge in [0.15, 0.2) is 17.6 Å². The highest BCUT2D eigenvalue weighted by Gasteiger charge is 2.31. The normalized spacial score (nSPS) is 21.4. The number of aromatic nitrogens is 1. The average Bonchev–Trinajstić information content (AvgIpc) is 3.11. The van der Waals surface area contributed by atoms with E-state index in [1.165, 1.54) is 16.5 Å². The SMILES string of the molecule is Cn1cc(C2CCN(CC(O)C3COc4ccccc4O3)CC2)c2ccccc21. The Labute approximate surface area is 171 Å². The van der Waals surface area contributed by atoms with Crippen molar-refractivity contribution in [3.63, 3.8) is 0 Å². The summed E-state index contributed by atoms with van der Waals surface area (Å²) in [6.45, 7) is 3.01. The van der Waals surface area contributed by atoms with Crippen LogP contribution >= 0.6 is 0 Å². The number of benzene rings is 2. The number of piperidine rings is 1. The van der Waals surface area contributed by atoms with Crippen LogP contribution in [0.25, 0.3) is 10.9 Å². The standard InChI is InChI=1S/C24H28N2O3/c1-25-14-19(18-6-2-3-7-20(18)25)17-10-12-26(13-11-17)15-21(27)24-16-28-22-8-4-5-9-23(22)29-24/h2-9,14,17,21,24,27H,10-13,15-16H2,1H3. The summed E-state index contributed by atoms with van der Waals surface area (Å²) in [4.78, 5) is 2.36. The Hall–Kier alpha value is -2.50. The summed E-state index contributed by atoms with van der Waals surface area (Å²) in [7, 11) is 2.13. The van der Waals surface area contributed by atoms with Crippen LogP contribution in [0.2, 0.25) is 0 Å². The number of rotatable bonds is 4. The van der Waals surface area contributed by atoms with E-state index in [9.17, 15) is 5.11 Å². The van der Waals surface area contributed by atoms with E-state index in [1.54, 1.807) is 0 Å². The monoisotopic (exact) mass is 392 g/mol. The Morgan fingerprint density at radius 1 is 1.03 bits per heavy atom. The molecule has 2 aromatic carbocycles. The van der Waals surface area contributed by atoms with E-state index in [0.717, 1.165) is 37.4 Å². The molecule has 2 atom stereocenters. The molecule has 1 saturated heterocycles. The third-order valence-electron chi connectivity index (χ3n) is 6.36. The summed E-state index contributed by atoms with van der Waals surface area (Å²) in [5.74, 6) is 2.06. The number of ether oxygens (including phenoxy) is 2. The number of aliphatic hydroxyl groups excluding tert-OH is 1. The predicted molar refractivity (Wildman–Crippen MR) is 114 cm³/mol. The maximum Gasteiger partial charge on any atom is 0.161 e. The number of fused-ring (bicyclic) bond motifs is 2. The molecule has 2 unspecified atom stereocenters. The minimum atomic E-state index is -0.558. The lowest BCUT2D eigenvalue weighted by Crippen LogP contribution is -2.47. The number of para-hydroxylation sites is 3. The van der Waals surface area contributed by atoms with Gasteiger partial charge in [0.25, 0.3) is 0 Å². The van der Waals surface area contributed by atoms with Gasteiger partial charge < -0.3 is 24.0 Å². The number of aryl methyl sites for hydroxylation is 1. The van der Waals surface area contributed by atoms with Gasteiger partial charge in [0.05, 0.1) is 0 Å². The molecule has 0 bridgehead atoms. The number of hydrogen-bond acceptors (Lipinski definition) is 4. The van der Waals surface area contributed by atoms with E-state index in [4.69, 9.17) is 9.47 Å². The Bertz CT molecular complexity index is 991. The zero-order valence-electron chi connectivity index (χ0n) is 16.8. The Kier molecular flexibility index (Phi) is 4.94. The van der Waals surface area contributed by atoms with Crippen molar-refractivity contribution in [1.29, 1.82) is 0 Å². The van der Waals surface area contributed by atoms with Crippen LogP contribution in [-0.4, -0.2) is 53.0 Å². The van der Waals surface area contributed by atoms with Crippen molar-refractivity contribution in [1.82, 2.24) is 9.47 Å². The Morgan fingerprint density at radius 2 is 1.76 bits per heavy atom. The lowest BCUT2D eigenvalue weighted by atomic mass is 9.89.